The summed E-state index contributed by atoms with van der Waals surface area (Å²) in [5.41, 5.74) is 0.262. The number of likely N-dealkylation sites (tertiary alicyclic amines) is 1. The highest BCUT2D eigenvalue weighted by molar-refractivity contribution is 7.14. The summed E-state index contributed by atoms with van der Waals surface area (Å²) >= 11 is 13.4. The maximum Gasteiger partial charge on any atom is 0.416 e. The minimum Gasteiger partial charge on any atom is -0.350 e. The molecule has 1 fully saturated rings. The Morgan fingerprint density at radius 3 is 2.69 bits per heavy atom. The van der Waals surface area contributed by atoms with Gasteiger partial charge in [0.1, 0.15) is 11.7 Å². The van der Waals surface area contributed by atoms with Crippen LogP contribution in [0.1, 0.15) is 40.9 Å². The van der Waals surface area contributed by atoms with Crippen LogP contribution in [-0.4, -0.2) is 34.3 Å². The topological polar surface area (TPSA) is 74.3 Å². The summed E-state index contributed by atoms with van der Waals surface area (Å²) in [7, 11) is 0. The summed E-state index contributed by atoms with van der Waals surface area (Å²) in [4.78, 5) is 32.0. The number of halogens is 5. The van der Waals surface area contributed by atoms with Crippen LogP contribution >= 0.6 is 34.5 Å². The molecule has 0 radical (unpaired) electrons. The van der Waals surface area contributed by atoms with Gasteiger partial charge in [0.25, 0.3) is 5.91 Å². The molecule has 1 unspecified atom stereocenters. The van der Waals surface area contributed by atoms with Crippen molar-refractivity contribution in [2.45, 2.75) is 38.0 Å². The molecule has 1 aliphatic heterocycles. The van der Waals surface area contributed by atoms with Crippen molar-refractivity contribution in [2.75, 3.05) is 11.9 Å². The molecule has 36 heavy (non-hydrogen) atoms. The Hall–Kier alpha value is -2.82. The fraction of sp³-hybridized carbons (Fsp3) is 0.292. The number of benzene rings is 2. The first-order valence-electron chi connectivity index (χ1n) is 11.0. The van der Waals surface area contributed by atoms with Crippen molar-refractivity contribution in [3.8, 4) is 0 Å². The molecule has 0 saturated carbocycles. The first-order valence-corrected chi connectivity index (χ1v) is 12.7. The number of nitrogens with zero attached hydrogens (tertiary/aromatic N) is 2. The lowest BCUT2D eigenvalue weighted by molar-refractivity contribution is -0.137. The van der Waals surface area contributed by atoms with E-state index in [1.165, 1.54) is 28.4 Å². The van der Waals surface area contributed by atoms with Gasteiger partial charge in [-0.05, 0) is 49.1 Å². The van der Waals surface area contributed by atoms with Gasteiger partial charge in [-0.25, -0.2) is 4.98 Å². The average molecular weight is 557 g/mol. The van der Waals surface area contributed by atoms with Crippen LogP contribution in [0, 0.1) is 0 Å². The SMILES string of the molecule is O=C(NCc1cccc(C(F)(F)F)c1)C1CCCCN1C(=O)c1csc(Nc2cccc(Cl)c2Cl)n1. The van der Waals surface area contributed by atoms with Gasteiger partial charge in [-0.1, -0.05) is 41.4 Å². The summed E-state index contributed by atoms with van der Waals surface area (Å²) in [6.07, 6.45) is -2.53. The summed E-state index contributed by atoms with van der Waals surface area (Å²) in [6, 6.07) is 9.15. The molecule has 3 aromatic rings. The Morgan fingerprint density at radius 1 is 1.14 bits per heavy atom. The largest absolute Gasteiger partial charge is 0.416 e. The standard InChI is InChI=1S/C24H21Cl2F3N4O2S/c25-16-7-4-8-17(20(16)26)31-23-32-18(13-36-23)22(35)33-10-2-1-9-19(33)21(34)30-12-14-5-3-6-15(11-14)24(27,28)29/h3-8,11,13,19H,1-2,9-10,12H2,(H,30,34)(H,31,32). The van der Waals surface area contributed by atoms with Crippen molar-refractivity contribution in [1.82, 2.24) is 15.2 Å². The molecule has 12 heteroatoms. The first-order chi connectivity index (χ1) is 17.1. The number of rotatable bonds is 6. The molecule has 0 bridgehead atoms. The van der Waals surface area contributed by atoms with E-state index < -0.39 is 29.6 Å². The summed E-state index contributed by atoms with van der Waals surface area (Å²) < 4.78 is 38.9. The normalized spacial score (nSPS) is 16.0. The van der Waals surface area contributed by atoms with Crippen LogP contribution < -0.4 is 10.6 Å². The lowest BCUT2D eigenvalue weighted by Gasteiger charge is -2.34. The van der Waals surface area contributed by atoms with E-state index in [9.17, 15) is 22.8 Å². The predicted molar refractivity (Wildman–Crippen MR) is 134 cm³/mol. The molecule has 190 valence electrons. The second kappa shape index (κ2) is 11.1. The van der Waals surface area contributed by atoms with Crippen LogP contribution in [0.4, 0.5) is 24.0 Å². The number of anilines is 2. The highest BCUT2D eigenvalue weighted by atomic mass is 35.5. The number of carbonyl (C=O) groups is 2. The number of piperidine rings is 1. The van der Waals surface area contributed by atoms with Crippen molar-refractivity contribution in [3.63, 3.8) is 0 Å². The van der Waals surface area contributed by atoms with E-state index in [0.717, 1.165) is 25.0 Å². The van der Waals surface area contributed by atoms with Crippen LogP contribution in [0.5, 0.6) is 0 Å². The number of aromatic nitrogens is 1. The fourth-order valence-electron chi connectivity index (χ4n) is 3.90. The molecule has 2 heterocycles. The summed E-state index contributed by atoms with van der Waals surface area (Å²) in [5, 5.41) is 8.45. The molecule has 4 rings (SSSR count). The summed E-state index contributed by atoms with van der Waals surface area (Å²) in [5.74, 6) is -0.810. The van der Waals surface area contributed by atoms with Crippen LogP contribution in [0.25, 0.3) is 0 Å². The van der Waals surface area contributed by atoms with Crippen molar-refractivity contribution in [2.24, 2.45) is 0 Å². The van der Waals surface area contributed by atoms with E-state index in [0.29, 0.717) is 39.4 Å². The Balaban J connectivity index is 1.43. The molecular formula is C24H21Cl2F3N4O2S. The highest BCUT2D eigenvalue weighted by Crippen LogP contribution is 2.33. The molecule has 0 spiro atoms. The smallest absolute Gasteiger partial charge is 0.350 e. The van der Waals surface area contributed by atoms with Gasteiger partial charge in [-0.2, -0.15) is 13.2 Å². The zero-order valence-electron chi connectivity index (χ0n) is 18.7. The Bertz CT molecular complexity index is 1270. The molecule has 2 amide bonds. The van der Waals surface area contributed by atoms with Gasteiger partial charge in [0.15, 0.2) is 5.13 Å². The quantitative estimate of drug-likeness (QED) is 0.362. The van der Waals surface area contributed by atoms with Crippen LogP contribution in [0.3, 0.4) is 0 Å². The minimum atomic E-state index is -4.47. The third-order valence-corrected chi connectivity index (χ3v) is 7.28. The number of hydrogen-bond acceptors (Lipinski definition) is 5. The molecule has 1 atom stereocenters. The van der Waals surface area contributed by atoms with Gasteiger partial charge < -0.3 is 15.5 Å². The number of carbonyl (C=O) groups excluding carboxylic acids is 2. The van der Waals surface area contributed by atoms with E-state index in [1.54, 1.807) is 23.6 Å². The van der Waals surface area contributed by atoms with Gasteiger partial charge in [-0.3, -0.25) is 9.59 Å². The molecule has 1 aliphatic rings. The predicted octanol–water partition coefficient (Wildman–Crippen LogP) is 6.52. The van der Waals surface area contributed by atoms with Gasteiger partial charge in [0, 0.05) is 18.5 Å². The Labute approximate surface area is 219 Å². The maximum absolute atomic E-state index is 13.2. The van der Waals surface area contributed by atoms with E-state index in [1.807, 2.05) is 0 Å². The van der Waals surface area contributed by atoms with Crippen molar-refractivity contribution < 1.29 is 22.8 Å². The zero-order chi connectivity index (χ0) is 25.9. The number of thiazole rings is 1. The van der Waals surface area contributed by atoms with Crippen LogP contribution in [-0.2, 0) is 17.5 Å². The van der Waals surface area contributed by atoms with Gasteiger partial charge >= 0.3 is 6.18 Å². The van der Waals surface area contributed by atoms with E-state index in [2.05, 4.69) is 15.6 Å². The maximum atomic E-state index is 13.2. The monoisotopic (exact) mass is 556 g/mol. The number of alkyl halides is 3. The second-order valence-electron chi connectivity index (χ2n) is 8.19. The van der Waals surface area contributed by atoms with Gasteiger partial charge in [-0.15, -0.1) is 11.3 Å². The molecule has 6 nitrogen and oxygen atoms in total. The average Bonchev–Trinajstić information content (AvgIpc) is 3.33. The van der Waals surface area contributed by atoms with Crippen molar-refractivity contribution >= 4 is 57.2 Å². The second-order valence-corrected chi connectivity index (χ2v) is 9.83. The van der Waals surface area contributed by atoms with E-state index >= 15 is 0 Å². The fourth-order valence-corrected chi connectivity index (χ4v) is 4.95. The van der Waals surface area contributed by atoms with Crippen molar-refractivity contribution in [3.05, 3.63) is 74.7 Å². The number of amides is 2. The first kappa shape index (κ1) is 26.2. The molecule has 2 aromatic carbocycles. The third-order valence-electron chi connectivity index (χ3n) is 5.70. The van der Waals surface area contributed by atoms with Crippen molar-refractivity contribution in [1.29, 1.82) is 0 Å². The molecule has 1 aromatic heterocycles. The lowest BCUT2D eigenvalue weighted by atomic mass is 10.0. The van der Waals surface area contributed by atoms with Gasteiger partial charge in [0.2, 0.25) is 5.91 Å². The molecule has 0 aliphatic carbocycles. The Morgan fingerprint density at radius 2 is 1.92 bits per heavy atom. The third kappa shape index (κ3) is 6.11. The summed E-state index contributed by atoms with van der Waals surface area (Å²) in [6.45, 7) is 0.299. The highest BCUT2D eigenvalue weighted by Gasteiger charge is 2.34. The van der Waals surface area contributed by atoms with E-state index in [-0.39, 0.29) is 12.2 Å². The number of nitrogens with one attached hydrogen (secondary N) is 2. The molecular weight excluding hydrogens is 536 g/mol. The zero-order valence-corrected chi connectivity index (χ0v) is 21.1. The Kier molecular flexibility index (Phi) is 8.07. The van der Waals surface area contributed by atoms with Crippen LogP contribution in [0.2, 0.25) is 10.0 Å². The number of hydrogen-bond donors (Lipinski definition) is 2. The van der Waals surface area contributed by atoms with E-state index in [4.69, 9.17) is 23.2 Å². The van der Waals surface area contributed by atoms with Gasteiger partial charge in [0.05, 0.1) is 21.3 Å². The lowest BCUT2D eigenvalue weighted by Crippen LogP contribution is -2.51. The molecule has 1 saturated heterocycles. The minimum absolute atomic E-state index is 0.0769. The molecule has 2 N–H and O–H groups in total. The van der Waals surface area contributed by atoms with Crippen LogP contribution in [0.15, 0.2) is 47.8 Å².